The van der Waals surface area contributed by atoms with Gasteiger partial charge in [0.25, 0.3) is 11.8 Å². The fourth-order valence-electron chi connectivity index (χ4n) is 2.65. The highest BCUT2D eigenvalue weighted by Gasteiger charge is 2.24. The van der Waals surface area contributed by atoms with Gasteiger partial charge in [-0.05, 0) is 37.5 Å². The van der Waals surface area contributed by atoms with Gasteiger partial charge >= 0.3 is 0 Å². The molecule has 0 aliphatic carbocycles. The lowest BCUT2D eigenvalue weighted by Gasteiger charge is -2.20. The Morgan fingerprint density at radius 1 is 0.719 bits per heavy atom. The second-order valence-electron chi connectivity index (χ2n) is 6.13. The van der Waals surface area contributed by atoms with Crippen LogP contribution < -0.4 is 16.4 Å². The summed E-state index contributed by atoms with van der Waals surface area (Å²) in [6, 6.07) is 0. The molecule has 9 heteroatoms. The lowest BCUT2D eigenvalue weighted by molar-refractivity contribution is 0.0799. The Kier molecular flexibility index (Phi) is 21.0. The Hall–Kier alpha value is -2.20. The first-order valence-electron chi connectivity index (χ1n) is 11.2. The quantitative estimate of drug-likeness (QED) is 0.289. The predicted molar refractivity (Wildman–Crippen MR) is 130 cm³/mol. The Morgan fingerprint density at radius 2 is 1.00 bits per heavy atom. The number of benzene rings is 1. The summed E-state index contributed by atoms with van der Waals surface area (Å²) in [4.78, 5) is 25.0. The lowest BCUT2D eigenvalue weighted by Crippen LogP contribution is -2.37. The van der Waals surface area contributed by atoms with Crippen LogP contribution in [0.15, 0.2) is 0 Å². The molecule has 188 valence electrons. The zero-order valence-electron chi connectivity index (χ0n) is 21.2. The van der Waals surface area contributed by atoms with Crippen molar-refractivity contribution in [1.29, 1.82) is 0 Å². The first kappa shape index (κ1) is 34.4. The van der Waals surface area contributed by atoms with Crippen LogP contribution in [-0.2, 0) is 0 Å². The van der Waals surface area contributed by atoms with Crippen molar-refractivity contribution in [3.63, 3.8) is 0 Å². The average Bonchev–Trinajstić information content (AvgIpc) is 2.83. The average molecular weight is 460 g/mol. The second kappa shape index (κ2) is 19.5. The molecule has 0 fully saturated rings. The van der Waals surface area contributed by atoms with Gasteiger partial charge in [0.15, 0.2) is 0 Å². The number of rotatable bonds is 8. The van der Waals surface area contributed by atoms with Gasteiger partial charge < -0.3 is 36.8 Å². The van der Waals surface area contributed by atoms with E-state index in [1.165, 1.54) is 0 Å². The van der Waals surface area contributed by atoms with Crippen molar-refractivity contribution in [2.75, 3.05) is 32.0 Å². The molecule has 32 heavy (non-hydrogen) atoms. The van der Waals surface area contributed by atoms with E-state index in [2.05, 4.69) is 10.6 Å². The normalized spacial score (nSPS) is 11.3. The number of hydrogen-bond acceptors (Lipinski definition) is 7. The maximum absolute atomic E-state index is 12.5. The molecule has 1 aromatic rings. The molecule has 2 atom stereocenters. The summed E-state index contributed by atoms with van der Waals surface area (Å²) in [6.45, 7) is 15.6. The number of aliphatic hydroxyl groups is 4. The van der Waals surface area contributed by atoms with E-state index in [1.54, 1.807) is 20.8 Å². The molecule has 0 saturated heterocycles. The van der Waals surface area contributed by atoms with Crippen molar-refractivity contribution in [3.8, 4) is 0 Å². The largest absolute Gasteiger partial charge is 0.398 e. The van der Waals surface area contributed by atoms with Gasteiger partial charge in [-0.2, -0.15) is 0 Å². The van der Waals surface area contributed by atoms with Crippen molar-refractivity contribution >= 4 is 17.5 Å². The summed E-state index contributed by atoms with van der Waals surface area (Å²) in [5.74, 6) is -1.05. The van der Waals surface area contributed by atoms with Gasteiger partial charge in [0.1, 0.15) is 0 Å². The number of nitrogens with one attached hydrogen (secondary N) is 2. The molecule has 2 unspecified atom stereocenters. The molecule has 2 amide bonds. The number of nitrogen functional groups attached to an aromatic ring is 1. The number of nitrogens with two attached hydrogens (primary N) is 1. The molecule has 8 N–H and O–H groups in total. The third kappa shape index (κ3) is 10.4. The topological polar surface area (TPSA) is 165 Å². The van der Waals surface area contributed by atoms with E-state index in [9.17, 15) is 19.8 Å². The fourth-order valence-corrected chi connectivity index (χ4v) is 2.65. The highest BCUT2D eigenvalue weighted by atomic mass is 16.3. The van der Waals surface area contributed by atoms with Gasteiger partial charge in [-0.25, -0.2) is 0 Å². The first-order chi connectivity index (χ1) is 15.1. The van der Waals surface area contributed by atoms with Crippen molar-refractivity contribution in [3.05, 3.63) is 27.8 Å². The van der Waals surface area contributed by atoms with Crippen LogP contribution in [0.1, 0.15) is 78.9 Å². The second-order valence-corrected chi connectivity index (χ2v) is 6.13. The lowest BCUT2D eigenvalue weighted by atomic mass is 9.90. The number of carbonyl (C=O) groups excluding carboxylic acids is 2. The molecule has 0 saturated carbocycles. The van der Waals surface area contributed by atoms with Gasteiger partial charge in [0.2, 0.25) is 0 Å². The van der Waals surface area contributed by atoms with Gasteiger partial charge in [-0.3, -0.25) is 9.59 Å². The molecule has 1 rings (SSSR count). The van der Waals surface area contributed by atoms with E-state index in [1.807, 2.05) is 41.5 Å². The minimum absolute atomic E-state index is 0.147. The molecule has 0 heterocycles. The highest BCUT2D eigenvalue weighted by Crippen LogP contribution is 2.29. The molecule has 0 aromatic heterocycles. The van der Waals surface area contributed by atoms with Crippen LogP contribution in [0, 0.1) is 20.8 Å². The van der Waals surface area contributed by atoms with Crippen LogP contribution in [0.2, 0.25) is 0 Å². The molecular weight excluding hydrogens is 414 g/mol. The van der Waals surface area contributed by atoms with Crippen molar-refractivity contribution < 1.29 is 30.0 Å². The van der Waals surface area contributed by atoms with Gasteiger partial charge in [-0.15, -0.1) is 0 Å². The molecular formula is C23H45N3O6. The zero-order valence-corrected chi connectivity index (χ0v) is 21.2. The van der Waals surface area contributed by atoms with Crippen molar-refractivity contribution in [2.24, 2.45) is 0 Å². The summed E-state index contributed by atoms with van der Waals surface area (Å²) in [6.07, 6.45) is -2.19. The zero-order chi connectivity index (χ0) is 26.0. The number of amides is 2. The van der Waals surface area contributed by atoms with Crippen LogP contribution in [-0.4, -0.2) is 70.8 Å². The number of hydrogen-bond donors (Lipinski definition) is 7. The molecule has 9 nitrogen and oxygen atoms in total. The molecule has 0 aliphatic heterocycles. The maximum Gasteiger partial charge on any atom is 0.252 e. The molecule has 0 aliphatic rings. The fraction of sp³-hybridized carbons (Fsp3) is 0.652. The summed E-state index contributed by atoms with van der Waals surface area (Å²) in [5, 5.41) is 41.4. The standard InChI is InChI=1S/C17H27N3O6.3C2H6/c1-8-13(16(25)19-4-11(23)6-21)9(2)15(18)10(3)14(8)17(26)20-5-12(24)7-22;3*1-2/h11-12,21-24H,4-7,18H2,1-3H3,(H,19,25)(H,20,26);3*1-2H3. The summed E-state index contributed by atoms with van der Waals surface area (Å²) in [7, 11) is 0. The van der Waals surface area contributed by atoms with E-state index < -0.39 is 37.2 Å². The summed E-state index contributed by atoms with van der Waals surface area (Å²) in [5.41, 5.74) is 8.18. The molecule has 0 bridgehead atoms. The number of aliphatic hydroxyl groups excluding tert-OH is 4. The maximum atomic E-state index is 12.5. The minimum atomic E-state index is -1.09. The smallest absolute Gasteiger partial charge is 0.252 e. The number of anilines is 1. The predicted octanol–water partition coefficient (Wildman–Crippen LogP) is 1.44. The van der Waals surface area contributed by atoms with Crippen LogP contribution in [0.3, 0.4) is 0 Å². The molecule has 0 spiro atoms. The van der Waals surface area contributed by atoms with E-state index in [4.69, 9.17) is 15.9 Å². The van der Waals surface area contributed by atoms with E-state index >= 15 is 0 Å². The van der Waals surface area contributed by atoms with E-state index in [-0.39, 0.29) is 29.9 Å². The van der Waals surface area contributed by atoms with Gasteiger partial charge in [0, 0.05) is 29.9 Å². The summed E-state index contributed by atoms with van der Waals surface area (Å²) < 4.78 is 0. The Balaban J connectivity index is -0.00000129. The van der Waals surface area contributed by atoms with Crippen LogP contribution >= 0.6 is 0 Å². The Morgan fingerprint density at radius 3 is 1.25 bits per heavy atom. The van der Waals surface area contributed by atoms with Gasteiger partial charge in [-0.1, -0.05) is 41.5 Å². The molecule has 0 radical (unpaired) electrons. The monoisotopic (exact) mass is 459 g/mol. The van der Waals surface area contributed by atoms with Crippen LogP contribution in [0.25, 0.3) is 0 Å². The number of carbonyl (C=O) groups is 2. The highest BCUT2D eigenvalue weighted by molar-refractivity contribution is 6.05. The van der Waals surface area contributed by atoms with Crippen LogP contribution in [0.4, 0.5) is 5.69 Å². The Labute approximate surface area is 193 Å². The third-order valence-corrected chi connectivity index (χ3v) is 4.18. The van der Waals surface area contributed by atoms with Crippen molar-refractivity contribution in [2.45, 2.75) is 74.5 Å². The molecule has 1 aromatic carbocycles. The van der Waals surface area contributed by atoms with Crippen LogP contribution in [0.5, 0.6) is 0 Å². The van der Waals surface area contributed by atoms with Crippen molar-refractivity contribution in [1.82, 2.24) is 10.6 Å². The minimum Gasteiger partial charge on any atom is -0.398 e. The Bertz CT molecular complexity index is 627. The third-order valence-electron chi connectivity index (χ3n) is 4.18. The van der Waals surface area contributed by atoms with E-state index in [0.29, 0.717) is 16.7 Å². The van der Waals surface area contributed by atoms with Gasteiger partial charge in [0.05, 0.1) is 25.4 Å². The SMILES string of the molecule is CC.CC.CC.Cc1c(N)c(C)c(C(=O)NCC(O)CO)c(C)c1C(=O)NCC(O)CO. The van der Waals surface area contributed by atoms with E-state index in [0.717, 1.165) is 0 Å². The first-order valence-corrected chi connectivity index (χ1v) is 11.2. The summed E-state index contributed by atoms with van der Waals surface area (Å²) >= 11 is 0.